The lowest BCUT2D eigenvalue weighted by atomic mass is 9.84. The first-order valence-electron chi connectivity index (χ1n) is 6.25. The second-order valence-electron chi connectivity index (χ2n) is 4.84. The molecule has 96 valence electrons. The molecular weight excluding hydrogens is 228 g/mol. The number of hydrogen-bond donors (Lipinski definition) is 2. The molecule has 18 heavy (non-hydrogen) atoms. The third-order valence-corrected chi connectivity index (χ3v) is 3.24. The van der Waals surface area contributed by atoms with Crippen molar-refractivity contribution in [1.29, 1.82) is 5.26 Å². The summed E-state index contributed by atoms with van der Waals surface area (Å²) in [5, 5.41) is 16.4. The van der Waals surface area contributed by atoms with E-state index in [-0.39, 0.29) is 11.8 Å². The maximum atomic E-state index is 9.25. The Hall–Kier alpha value is -1.96. The second kappa shape index (κ2) is 4.73. The minimum Gasteiger partial charge on any atom is -0.420 e. The van der Waals surface area contributed by atoms with Crippen molar-refractivity contribution in [2.75, 3.05) is 0 Å². The van der Waals surface area contributed by atoms with Gasteiger partial charge in [-0.2, -0.15) is 5.26 Å². The Bertz CT molecular complexity index is 522. The Morgan fingerprint density at radius 1 is 1.56 bits per heavy atom. The molecule has 0 aliphatic carbocycles. The van der Waals surface area contributed by atoms with E-state index >= 15 is 0 Å². The molecule has 1 aliphatic rings. The van der Waals surface area contributed by atoms with E-state index in [1.807, 2.05) is 0 Å². The molecule has 0 radical (unpaired) electrons. The maximum absolute atomic E-state index is 9.25. The summed E-state index contributed by atoms with van der Waals surface area (Å²) in [6.07, 6.45) is 1.85. The lowest BCUT2D eigenvalue weighted by Gasteiger charge is -2.23. The van der Waals surface area contributed by atoms with Crippen LogP contribution in [0.1, 0.15) is 56.7 Å². The van der Waals surface area contributed by atoms with Crippen LogP contribution in [0.4, 0.5) is 0 Å². The molecule has 1 aliphatic heterocycles. The van der Waals surface area contributed by atoms with Crippen LogP contribution in [0.5, 0.6) is 5.88 Å². The van der Waals surface area contributed by atoms with Crippen molar-refractivity contribution in [2.45, 2.75) is 45.4 Å². The third kappa shape index (κ3) is 1.84. The van der Waals surface area contributed by atoms with Crippen LogP contribution < -0.4 is 10.5 Å². The maximum Gasteiger partial charge on any atom is 0.243 e. The quantitative estimate of drug-likeness (QED) is 0.857. The highest BCUT2D eigenvalue weighted by Gasteiger charge is 2.33. The van der Waals surface area contributed by atoms with Crippen molar-refractivity contribution < 1.29 is 4.74 Å². The summed E-state index contributed by atoms with van der Waals surface area (Å²) in [6, 6.07) is 2.17. The van der Waals surface area contributed by atoms with E-state index < -0.39 is 0 Å². The molecule has 0 saturated heterocycles. The number of nitriles is 1. The number of ether oxygens (including phenoxy) is 1. The number of aromatic nitrogens is 2. The van der Waals surface area contributed by atoms with Gasteiger partial charge in [0.25, 0.3) is 0 Å². The summed E-state index contributed by atoms with van der Waals surface area (Å²) in [4.78, 5) is 0. The Kier molecular flexibility index (Phi) is 3.28. The highest BCUT2D eigenvalue weighted by atomic mass is 16.5. The fraction of sp³-hybridized carbons (Fsp3) is 0.538. The molecule has 0 bridgehead atoms. The third-order valence-electron chi connectivity index (χ3n) is 3.24. The number of aromatic amines is 1. The molecule has 1 unspecified atom stereocenters. The molecule has 2 rings (SSSR count). The normalized spacial score (nSPS) is 18.5. The number of fused-ring (bicyclic) bond motifs is 1. The molecule has 1 aromatic heterocycles. The van der Waals surface area contributed by atoms with E-state index in [1.165, 1.54) is 0 Å². The van der Waals surface area contributed by atoms with Crippen molar-refractivity contribution in [2.24, 2.45) is 5.73 Å². The zero-order chi connectivity index (χ0) is 13.3. The van der Waals surface area contributed by atoms with Gasteiger partial charge in [0, 0.05) is 17.2 Å². The van der Waals surface area contributed by atoms with Gasteiger partial charge in [0.15, 0.2) is 0 Å². The number of allylic oxidation sites excluding steroid dienone is 1. The Balaban J connectivity index is 2.54. The average molecular weight is 246 g/mol. The zero-order valence-electron chi connectivity index (χ0n) is 10.9. The Labute approximate surface area is 107 Å². The first-order chi connectivity index (χ1) is 8.60. The van der Waals surface area contributed by atoms with Gasteiger partial charge in [0.05, 0.1) is 5.57 Å². The van der Waals surface area contributed by atoms with Gasteiger partial charge in [0.1, 0.15) is 6.07 Å². The number of rotatable bonds is 3. The molecule has 0 fully saturated rings. The molecular formula is C13H18N4O. The smallest absolute Gasteiger partial charge is 0.243 e. The zero-order valence-corrected chi connectivity index (χ0v) is 10.9. The number of nitrogens with one attached hydrogen (secondary N) is 1. The van der Waals surface area contributed by atoms with Gasteiger partial charge in [-0.05, 0) is 12.3 Å². The number of hydrogen-bond acceptors (Lipinski definition) is 4. The SMILES string of the molecule is CCCC1C(C#N)=C(N)Oc2n[nH]c(C(C)C)c21. The van der Waals surface area contributed by atoms with Gasteiger partial charge in [-0.15, -0.1) is 5.10 Å². The molecule has 0 amide bonds. The van der Waals surface area contributed by atoms with E-state index in [1.54, 1.807) is 0 Å². The minimum absolute atomic E-state index is 0.0000926. The van der Waals surface area contributed by atoms with Gasteiger partial charge in [0.2, 0.25) is 11.8 Å². The molecule has 1 aromatic rings. The average Bonchev–Trinajstić information content (AvgIpc) is 2.73. The summed E-state index contributed by atoms with van der Waals surface area (Å²) >= 11 is 0. The van der Waals surface area contributed by atoms with Crippen LogP contribution in [-0.4, -0.2) is 10.2 Å². The number of nitrogens with two attached hydrogens (primary N) is 1. The summed E-state index contributed by atoms with van der Waals surface area (Å²) in [5.74, 6) is 1.02. The molecule has 0 spiro atoms. The van der Waals surface area contributed by atoms with E-state index in [0.717, 1.165) is 24.1 Å². The molecule has 5 heteroatoms. The van der Waals surface area contributed by atoms with E-state index in [2.05, 4.69) is 37.0 Å². The summed E-state index contributed by atoms with van der Waals surface area (Å²) in [6.45, 7) is 6.27. The van der Waals surface area contributed by atoms with E-state index in [4.69, 9.17) is 10.5 Å². The monoisotopic (exact) mass is 246 g/mol. The van der Waals surface area contributed by atoms with Crippen LogP contribution in [0.15, 0.2) is 11.5 Å². The van der Waals surface area contributed by atoms with Crippen LogP contribution in [-0.2, 0) is 0 Å². The molecule has 5 nitrogen and oxygen atoms in total. The highest BCUT2D eigenvalue weighted by Crippen LogP contribution is 2.42. The van der Waals surface area contributed by atoms with Crippen molar-refractivity contribution in [1.82, 2.24) is 10.2 Å². The van der Waals surface area contributed by atoms with Crippen LogP contribution in [0.3, 0.4) is 0 Å². The van der Waals surface area contributed by atoms with Gasteiger partial charge < -0.3 is 10.5 Å². The van der Waals surface area contributed by atoms with Crippen molar-refractivity contribution >= 4 is 0 Å². The molecule has 3 N–H and O–H groups in total. The highest BCUT2D eigenvalue weighted by molar-refractivity contribution is 5.49. The van der Waals surface area contributed by atoms with Gasteiger partial charge in [-0.1, -0.05) is 27.2 Å². The fourth-order valence-corrected chi connectivity index (χ4v) is 2.39. The number of H-pyrrole nitrogens is 1. The minimum atomic E-state index is -0.0000926. The summed E-state index contributed by atoms with van der Waals surface area (Å²) in [7, 11) is 0. The lowest BCUT2D eigenvalue weighted by Crippen LogP contribution is -2.20. The van der Waals surface area contributed by atoms with Crippen LogP contribution >= 0.6 is 0 Å². The second-order valence-corrected chi connectivity index (χ2v) is 4.84. The van der Waals surface area contributed by atoms with Crippen molar-refractivity contribution in [3.8, 4) is 11.9 Å². The lowest BCUT2D eigenvalue weighted by molar-refractivity contribution is 0.370. The summed E-state index contributed by atoms with van der Waals surface area (Å²) < 4.78 is 5.44. The van der Waals surface area contributed by atoms with Crippen LogP contribution in [0.2, 0.25) is 0 Å². The first kappa shape index (κ1) is 12.5. The van der Waals surface area contributed by atoms with Gasteiger partial charge in [-0.3, -0.25) is 5.10 Å². The topological polar surface area (TPSA) is 87.7 Å². The molecule has 0 saturated carbocycles. The van der Waals surface area contributed by atoms with Crippen molar-refractivity contribution in [3.05, 3.63) is 22.7 Å². The molecule has 2 heterocycles. The van der Waals surface area contributed by atoms with Crippen LogP contribution in [0, 0.1) is 11.3 Å². The largest absolute Gasteiger partial charge is 0.420 e. The first-order valence-corrected chi connectivity index (χ1v) is 6.25. The van der Waals surface area contributed by atoms with Gasteiger partial charge >= 0.3 is 0 Å². The van der Waals surface area contributed by atoms with Crippen LogP contribution in [0.25, 0.3) is 0 Å². The Morgan fingerprint density at radius 2 is 2.28 bits per heavy atom. The molecule has 0 aromatic carbocycles. The van der Waals surface area contributed by atoms with E-state index in [9.17, 15) is 5.26 Å². The molecule has 1 atom stereocenters. The standard InChI is InChI=1S/C13H18N4O/c1-4-5-8-9(6-14)12(15)18-13-10(8)11(7(2)3)16-17-13/h7-8H,4-5,15H2,1-3H3,(H,16,17). The van der Waals surface area contributed by atoms with Crippen molar-refractivity contribution in [3.63, 3.8) is 0 Å². The Morgan fingerprint density at radius 3 is 2.83 bits per heavy atom. The summed E-state index contributed by atoms with van der Waals surface area (Å²) in [5.41, 5.74) is 8.34. The predicted octanol–water partition coefficient (Wildman–Crippen LogP) is 2.50. The van der Waals surface area contributed by atoms with E-state index in [0.29, 0.717) is 17.4 Å². The fourth-order valence-electron chi connectivity index (χ4n) is 2.39. The van der Waals surface area contributed by atoms with Gasteiger partial charge in [-0.25, -0.2) is 0 Å². The number of nitrogens with zero attached hydrogens (tertiary/aromatic N) is 2. The predicted molar refractivity (Wildman–Crippen MR) is 67.8 cm³/mol.